The lowest BCUT2D eigenvalue weighted by atomic mass is 10.2. The second-order valence-electron chi connectivity index (χ2n) is 1.63. The molecule has 0 spiro atoms. The van der Waals surface area contributed by atoms with E-state index in [2.05, 4.69) is 0 Å². The van der Waals surface area contributed by atoms with Crippen LogP contribution >= 0.6 is 0 Å². The highest BCUT2D eigenvalue weighted by molar-refractivity contribution is 5.80. The molecule has 1 aliphatic heterocycles. The van der Waals surface area contributed by atoms with E-state index in [1.807, 2.05) is 0 Å². The molecule has 3 heteroatoms. The molecule has 0 bridgehead atoms. The number of carboxylic acid groups (broad SMARTS) is 1. The van der Waals surface area contributed by atoms with Gasteiger partial charge < -0.3 is 9.84 Å². The van der Waals surface area contributed by atoms with Gasteiger partial charge in [0.05, 0.1) is 13.2 Å². The largest absolute Gasteiger partial charge is 0.478 e. The van der Waals surface area contributed by atoms with E-state index in [-0.39, 0.29) is 0 Å². The third-order valence-electron chi connectivity index (χ3n) is 0.903. The Morgan fingerprint density at radius 1 is 1.75 bits per heavy atom. The summed E-state index contributed by atoms with van der Waals surface area (Å²) in [6, 6.07) is 0. The van der Waals surface area contributed by atoms with Crippen LogP contribution in [0.4, 0.5) is 0 Å². The third-order valence-corrected chi connectivity index (χ3v) is 0.903. The maximum absolute atomic E-state index is 9.87. The van der Waals surface area contributed by atoms with E-state index in [1.54, 1.807) is 0 Å². The maximum Gasteiger partial charge on any atom is 0.328 e. The van der Waals surface area contributed by atoms with Crippen molar-refractivity contribution in [1.29, 1.82) is 0 Å². The molecular formula is C5H6O3. The van der Waals surface area contributed by atoms with Gasteiger partial charge in [0.2, 0.25) is 0 Å². The fourth-order valence-corrected chi connectivity index (χ4v) is 0.478. The lowest BCUT2D eigenvalue weighted by molar-refractivity contribution is -0.131. The summed E-state index contributed by atoms with van der Waals surface area (Å²) in [4.78, 5) is 9.87. The van der Waals surface area contributed by atoms with Crippen LogP contribution in [-0.4, -0.2) is 24.3 Å². The van der Waals surface area contributed by atoms with Gasteiger partial charge in [0, 0.05) is 6.08 Å². The molecule has 0 saturated carbocycles. The number of hydrogen-bond acceptors (Lipinski definition) is 2. The molecule has 0 atom stereocenters. The van der Waals surface area contributed by atoms with E-state index >= 15 is 0 Å². The Bertz CT molecular complexity index is 131. The van der Waals surface area contributed by atoms with Crippen molar-refractivity contribution in [3.63, 3.8) is 0 Å². The van der Waals surface area contributed by atoms with E-state index in [0.717, 1.165) is 5.57 Å². The van der Waals surface area contributed by atoms with Crippen LogP contribution in [0.1, 0.15) is 0 Å². The Balaban J connectivity index is 2.42. The van der Waals surface area contributed by atoms with Gasteiger partial charge in [-0.15, -0.1) is 0 Å². The minimum Gasteiger partial charge on any atom is -0.478 e. The summed E-state index contributed by atoms with van der Waals surface area (Å²) in [6.07, 6.45) is 1.18. The topological polar surface area (TPSA) is 46.5 Å². The first-order valence-corrected chi connectivity index (χ1v) is 2.29. The molecule has 1 heterocycles. The van der Waals surface area contributed by atoms with Gasteiger partial charge in [0.1, 0.15) is 0 Å². The van der Waals surface area contributed by atoms with Crippen molar-refractivity contribution >= 4 is 5.97 Å². The first-order chi connectivity index (χ1) is 3.79. The number of carboxylic acids is 1. The predicted octanol–water partition coefficient (Wildman–Crippen LogP) is 0.0276. The molecule has 0 unspecified atom stereocenters. The highest BCUT2D eigenvalue weighted by atomic mass is 16.5. The molecule has 1 rings (SSSR count). The number of hydrogen-bond donors (Lipinski definition) is 1. The van der Waals surface area contributed by atoms with Gasteiger partial charge in [0.15, 0.2) is 0 Å². The van der Waals surface area contributed by atoms with Gasteiger partial charge in [-0.05, 0) is 5.57 Å². The molecule has 0 radical (unpaired) electrons. The van der Waals surface area contributed by atoms with Crippen LogP contribution in [0.5, 0.6) is 0 Å². The maximum atomic E-state index is 9.87. The van der Waals surface area contributed by atoms with Gasteiger partial charge in [-0.25, -0.2) is 4.79 Å². The SMILES string of the molecule is O=C(O)C=C1COC1. The number of aliphatic carboxylic acids is 1. The van der Waals surface area contributed by atoms with Crippen LogP contribution in [0.15, 0.2) is 11.6 Å². The summed E-state index contributed by atoms with van der Waals surface area (Å²) in [5, 5.41) is 8.12. The lowest BCUT2D eigenvalue weighted by Crippen LogP contribution is -2.17. The third kappa shape index (κ3) is 1.07. The molecule has 0 aliphatic carbocycles. The second kappa shape index (κ2) is 1.96. The normalized spacial score (nSPS) is 17.2. The van der Waals surface area contributed by atoms with Crippen molar-refractivity contribution in [3.05, 3.63) is 11.6 Å². The van der Waals surface area contributed by atoms with Crippen molar-refractivity contribution in [2.24, 2.45) is 0 Å². The van der Waals surface area contributed by atoms with Gasteiger partial charge in [0.25, 0.3) is 0 Å². The monoisotopic (exact) mass is 114 g/mol. The van der Waals surface area contributed by atoms with Gasteiger partial charge in [-0.1, -0.05) is 0 Å². The summed E-state index contributed by atoms with van der Waals surface area (Å²) in [6.45, 7) is 0.985. The molecule has 3 nitrogen and oxygen atoms in total. The number of carbonyl (C=O) groups is 1. The van der Waals surface area contributed by atoms with Crippen molar-refractivity contribution in [2.45, 2.75) is 0 Å². The van der Waals surface area contributed by atoms with Crippen molar-refractivity contribution < 1.29 is 14.6 Å². The Labute approximate surface area is 46.6 Å². The Morgan fingerprint density at radius 3 is 2.50 bits per heavy atom. The molecule has 0 aromatic rings. The number of rotatable bonds is 1. The molecule has 1 fully saturated rings. The summed E-state index contributed by atoms with van der Waals surface area (Å²) < 4.78 is 4.70. The van der Waals surface area contributed by atoms with Crippen LogP contribution < -0.4 is 0 Å². The molecule has 0 aromatic heterocycles. The molecule has 1 N–H and O–H groups in total. The smallest absolute Gasteiger partial charge is 0.328 e. The quantitative estimate of drug-likeness (QED) is 0.489. The number of ether oxygens (including phenoxy) is 1. The van der Waals surface area contributed by atoms with Crippen molar-refractivity contribution in [3.8, 4) is 0 Å². The van der Waals surface area contributed by atoms with Gasteiger partial charge >= 0.3 is 5.97 Å². The molecule has 44 valence electrons. The van der Waals surface area contributed by atoms with Gasteiger partial charge in [-0.3, -0.25) is 0 Å². The molecular weight excluding hydrogens is 108 g/mol. The summed E-state index contributed by atoms with van der Waals surface area (Å²) in [5.41, 5.74) is 0.859. The van der Waals surface area contributed by atoms with Crippen molar-refractivity contribution in [1.82, 2.24) is 0 Å². The summed E-state index contributed by atoms with van der Waals surface area (Å²) >= 11 is 0. The highest BCUT2D eigenvalue weighted by Gasteiger charge is 2.09. The minimum atomic E-state index is -0.886. The zero-order valence-electron chi connectivity index (χ0n) is 4.26. The van der Waals surface area contributed by atoms with Crippen LogP contribution in [0, 0.1) is 0 Å². The molecule has 1 aliphatic rings. The molecule has 8 heavy (non-hydrogen) atoms. The lowest BCUT2D eigenvalue weighted by Gasteiger charge is -2.15. The van der Waals surface area contributed by atoms with Gasteiger partial charge in [-0.2, -0.15) is 0 Å². The second-order valence-corrected chi connectivity index (χ2v) is 1.63. The Hall–Kier alpha value is -0.830. The minimum absolute atomic E-state index is 0.492. The predicted molar refractivity (Wildman–Crippen MR) is 26.5 cm³/mol. The average Bonchev–Trinajstić information content (AvgIpc) is 1.55. The average molecular weight is 114 g/mol. The first kappa shape index (κ1) is 5.31. The zero-order valence-corrected chi connectivity index (χ0v) is 4.26. The standard InChI is InChI=1S/C5H6O3/c6-5(7)1-4-2-8-3-4/h1H,2-3H2,(H,6,7). The van der Waals surface area contributed by atoms with Crippen LogP contribution in [0.25, 0.3) is 0 Å². The highest BCUT2D eigenvalue weighted by Crippen LogP contribution is 2.06. The van der Waals surface area contributed by atoms with E-state index in [9.17, 15) is 4.79 Å². The fourth-order valence-electron chi connectivity index (χ4n) is 0.478. The fraction of sp³-hybridized carbons (Fsp3) is 0.400. The first-order valence-electron chi connectivity index (χ1n) is 2.29. The van der Waals surface area contributed by atoms with Crippen LogP contribution in [-0.2, 0) is 9.53 Å². The zero-order chi connectivity index (χ0) is 5.98. The van der Waals surface area contributed by atoms with E-state index < -0.39 is 5.97 Å². The molecule has 0 amide bonds. The van der Waals surface area contributed by atoms with E-state index in [4.69, 9.17) is 9.84 Å². The molecule has 1 saturated heterocycles. The van der Waals surface area contributed by atoms with E-state index in [0.29, 0.717) is 13.2 Å². The van der Waals surface area contributed by atoms with E-state index in [1.165, 1.54) is 6.08 Å². The van der Waals surface area contributed by atoms with Crippen LogP contribution in [0.2, 0.25) is 0 Å². The summed E-state index contributed by atoms with van der Waals surface area (Å²) in [5.74, 6) is -0.886. The Morgan fingerprint density at radius 2 is 2.38 bits per heavy atom. The molecule has 0 aromatic carbocycles. The summed E-state index contributed by atoms with van der Waals surface area (Å²) in [7, 11) is 0. The Kier molecular flexibility index (Phi) is 1.30. The van der Waals surface area contributed by atoms with Crippen LogP contribution in [0.3, 0.4) is 0 Å². The van der Waals surface area contributed by atoms with Crippen molar-refractivity contribution in [2.75, 3.05) is 13.2 Å².